The number of hydrogen-bond acceptors (Lipinski definition) is 3. The molecule has 4 nitrogen and oxygen atoms in total. The molecule has 5 heteroatoms. The summed E-state index contributed by atoms with van der Waals surface area (Å²) in [6, 6.07) is 16.0. The number of hydrogen-bond donors (Lipinski definition) is 1. The standard InChI is InChI=1S/C18H23O4P/c1-15-3-7-17(8-4-15)11-13-21-23(19,20)22-14-12-18-9-5-16(2)6-10-18/h3-10H,11-14H2,1-2H3,(H,19,20). The van der Waals surface area contributed by atoms with Gasteiger partial charge < -0.3 is 4.89 Å². The molecule has 0 spiro atoms. The van der Waals surface area contributed by atoms with Gasteiger partial charge >= 0.3 is 7.82 Å². The fourth-order valence-electron chi connectivity index (χ4n) is 2.10. The van der Waals surface area contributed by atoms with Crippen molar-refractivity contribution in [1.82, 2.24) is 0 Å². The Morgan fingerprint density at radius 1 is 0.783 bits per heavy atom. The summed E-state index contributed by atoms with van der Waals surface area (Å²) < 4.78 is 21.8. The first-order chi connectivity index (χ1) is 10.9. The second kappa shape index (κ2) is 8.42. The number of rotatable bonds is 8. The SMILES string of the molecule is Cc1ccc(CCOP(=O)(O)OCCc2ccc(C)cc2)cc1. The van der Waals surface area contributed by atoms with Gasteiger partial charge in [0.05, 0.1) is 13.2 Å². The predicted molar refractivity (Wildman–Crippen MR) is 91.5 cm³/mol. The first-order valence-electron chi connectivity index (χ1n) is 7.67. The average Bonchev–Trinajstić information content (AvgIpc) is 2.51. The fourth-order valence-corrected chi connectivity index (χ4v) is 2.82. The van der Waals surface area contributed by atoms with Crippen LogP contribution in [0, 0.1) is 13.8 Å². The molecule has 23 heavy (non-hydrogen) atoms. The molecule has 0 heterocycles. The van der Waals surface area contributed by atoms with Crippen molar-refractivity contribution in [3.8, 4) is 0 Å². The summed E-state index contributed by atoms with van der Waals surface area (Å²) in [6.45, 7) is 4.34. The van der Waals surface area contributed by atoms with Gasteiger partial charge in [0.2, 0.25) is 0 Å². The summed E-state index contributed by atoms with van der Waals surface area (Å²) in [4.78, 5) is 9.67. The van der Waals surface area contributed by atoms with Crippen LogP contribution in [0.3, 0.4) is 0 Å². The lowest BCUT2D eigenvalue weighted by Crippen LogP contribution is -2.02. The van der Waals surface area contributed by atoms with Crippen molar-refractivity contribution in [1.29, 1.82) is 0 Å². The van der Waals surface area contributed by atoms with E-state index in [1.54, 1.807) is 0 Å². The van der Waals surface area contributed by atoms with Crippen LogP contribution in [0.5, 0.6) is 0 Å². The topological polar surface area (TPSA) is 55.8 Å². The van der Waals surface area contributed by atoms with E-state index in [9.17, 15) is 9.46 Å². The van der Waals surface area contributed by atoms with Gasteiger partial charge in [-0.05, 0) is 37.8 Å². The molecule has 2 aromatic carbocycles. The molecule has 0 saturated heterocycles. The molecule has 1 N–H and O–H groups in total. The van der Waals surface area contributed by atoms with Crippen LogP contribution in [0.25, 0.3) is 0 Å². The molecule has 0 bridgehead atoms. The monoisotopic (exact) mass is 334 g/mol. The lowest BCUT2D eigenvalue weighted by atomic mass is 10.1. The Balaban J connectivity index is 1.70. The molecule has 0 unspecified atom stereocenters. The molecule has 2 aromatic rings. The maximum Gasteiger partial charge on any atom is 0.472 e. The summed E-state index contributed by atoms with van der Waals surface area (Å²) >= 11 is 0. The van der Waals surface area contributed by atoms with Crippen LogP contribution in [0.4, 0.5) is 0 Å². The van der Waals surface area contributed by atoms with Gasteiger partial charge in [0.1, 0.15) is 0 Å². The number of benzene rings is 2. The summed E-state index contributed by atoms with van der Waals surface area (Å²) in [5, 5.41) is 0. The predicted octanol–water partition coefficient (Wildman–Crippen LogP) is 4.22. The molecule has 0 aliphatic carbocycles. The molecule has 0 aromatic heterocycles. The van der Waals surface area contributed by atoms with E-state index in [0.717, 1.165) is 11.1 Å². The van der Waals surface area contributed by atoms with Crippen molar-refractivity contribution in [2.45, 2.75) is 26.7 Å². The molecule has 2 rings (SSSR count). The van der Waals surface area contributed by atoms with Crippen LogP contribution in [0.15, 0.2) is 48.5 Å². The van der Waals surface area contributed by atoms with E-state index in [1.807, 2.05) is 62.4 Å². The average molecular weight is 334 g/mol. The lowest BCUT2D eigenvalue weighted by Gasteiger charge is -2.12. The number of phosphoric acid groups is 1. The summed E-state index contributed by atoms with van der Waals surface area (Å²) in [6.07, 6.45) is 1.15. The Labute approximate surface area is 137 Å². The molecule has 0 aliphatic rings. The van der Waals surface area contributed by atoms with Crippen LogP contribution in [0.1, 0.15) is 22.3 Å². The maximum atomic E-state index is 11.8. The first-order valence-corrected chi connectivity index (χ1v) is 9.17. The second-order valence-corrected chi connectivity index (χ2v) is 7.06. The van der Waals surface area contributed by atoms with E-state index < -0.39 is 7.82 Å². The summed E-state index contributed by atoms with van der Waals surface area (Å²) in [5.41, 5.74) is 4.49. The third-order valence-electron chi connectivity index (χ3n) is 3.53. The summed E-state index contributed by atoms with van der Waals surface area (Å²) in [7, 11) is -3.99. The van der Waals surface area contributed by atoms with Gasteiger partial charge in [-0.3, -0.25) is 9.05 Å². The van der Waals surface area contributed by atoms with Crippen LogP contribution >= 0.6 is 7.82 Å². The zero-order valence-electron chi connectivity index (χ0n) is 13.6. The molecular weight excluding hydrogens is 311 g/mol. The second-order valence-electron chi connectivity index (χ2n) is 5.61. The largest absolute Gasteiger partial charge is 0.472 e. The zero-order valence-corrected chi connectivity index (χ0v) is 14.5. The van der Waals surface area contributed by atoms with E-state index in [0.29, 0.717) is 12.8 Å². The van der Waals surface area contributed by atoms with Crippen molar-refractivity contribution in [3.05, 3.63) is 70.8 Å². The minimum absolute atomic E-state index is 0.154. The third-order valence-corrected chi connectivity index (χ3v) is 4.55. The smallest absolute Gasteiger partial charge is 0.302 e. The van der Waals surface area contributed by atoms with E-state index in [-0.39, 0.29) is 13.2 Å². The Kier molecular flexibility index (Phi) is 6.55. The van der Waals surface area contributed by atoms with Gasteiger partial charge in [0, 0.05) is 0 Å². The molecular formula is C18H23O4P. The van der Waals surface area contributed by atoms with Crippen molar-refractivity contribution in [2.75, 3.05) is 13.2 Å². The van der Waals surface area contributed by atoms with Crippen molar-refractivity contribution >= 4 is 7.82 Å². The number of phosphoric ester groups is 1. The van der Waals surface area contributed by atoms with E-state index in [2.05, 4.69) is 0 Å². The first kappa shape index (κ1) is 17.9. The number of aryl methyl sites for hydroxylation is 2. The highest BCUT2D eigenvalue weighted by Gasteiger charge is 2.20. The molecule has 0 amide bonds. The van der Waals surface area contributed by atoms with Gasteiger partial charge in [-0.1, -0.05) is 59.7 Å². The van der Waals surface area contributed by atoms with Crippen LogP contribution in [-0.4, -0.2) is 18.1 Å². The minimum Gasteiger partial charge on any atom is -0.302 e. The zero-order chi connectivity index (χ0) is 16.7. The quantitative estimate of drug-likeness (QED) is 0.734. The van der Waals surface area contributed by atoms with Crippen LogP contribution < -0.4 is 0 Å². The molecule has 0 aliphatic heterocycles. The highest BCUT2D eigenvalue weighted by Crippen LogP contribution is 2.43. The normalized spacial score (nSPS) is 11.6. The molecule has 0 fully saturated rings. The Bertz CT molecular complexity index is 594. The van der Waals surface area contributed by atoms with Crippen LogP contribution in [-0.2, 0) is 26.5 Å². The third kappa shape index (κ3) is 6.67. The van der Waals surface area contributed by atoms with Gasteiger partial charge in [0.25, 0.3) is 0 Å². The van der Waals surface area contributed by atoms with Crippen LogP contribution in [0.2, 0.25) is 0 Å². The van der Waals surface area contributed by atoms with Gasteiger partial charge in [-0.15, -0.1) is 0 Å². The maximum absolute atomic E-state index is 11.8. The molecule has 124 valence electrons. The lowest BCUT2D eigenvalue weighted by molar-refractivity contribution is 0.152. The van der Waals surface area contributed by atoms with E-state index in [1.165, 1.54) is 11.1 Å². The molecule has 0 atom stereocenters. The molecule has 0 saturated carbocycles. The van der Waals surface area contributed by atoms with Gasteiger partial charge in [-0.25, -0.2) is 4.57 Å². The van der Waals surface area contributed by atoms with Crippen molar-refractivity contribution in [3.63, 3.8) is 0 Å². The Morgan fingerprint density at radius 2 is 1.13 bits per heavy atom. The fraction of sp³-hybridized carbons (Fsp3) is 0.333. The van der Waals surface area contributed by atoms with Gasteiger partial charge in [-0.2, -0.15) is 0 Å². The van der Waals surface area contributed by atoms with Crippen molar-refractivity contribution in [2.24, 2.45) is 0 Å². The van der Waals surface area contributed by atoms with Gasteiger partial charge in [0.15, 0.2) is 0 Å². The Hall–Kier alpha value is -1.45. The minimum atomic E-state index is -3.99. The Morgan fingerprint density at radius 3 is 1.48 bits per heavy atom. The van der Waals surface area contributed by atoms with E-state index >= 15 is 0 Å². The van der Waals surface area contributed by atoms with E-state index in [4.69, 9.17) is 9.05 Å². The highest BCUT2D eigenvalue weighted by molar-refractivity contribution is 7.47. The highest BCUT2D eigenvalue weighted by atomic mass is 31.2. The molecule has 0 radical (unpaired) electrons. The summed E-state index contributed by atoms with van der Waals surface area (Å²) in [5.74, 6) is 0. The van der Waals surface area contributed by atoms with Crippen molar-refractivity contribution < 1.29 is 18.5 Å².